The number of rotatable bonds is 3. The molecule has 0 unspecified atom stereocenters. The molecule has 116 valence electrons. The van der Waals surface area contributed by atoms with E-state index in [1.807, 2.05) is 57.2 Å². The van der Waals surface area contributed by atoms with Crippen LogP contribution in [0.3, 0.4) is 0 Å². The molecule has 0 fully saturated rings. The van der Waals surface area contributed by atoms with Crippen LogP contribution in [-0.4, -0.2) is 6.09 Å². The van der Waals surface area contributed by atoms with Gasteiger partial charge in [-0.2, -0.15) is 0 Å². The minimum absolute atomic E-state index is 0.295. The van der Waals surface area contributed by atoms with E-state index in [2.05, 4.69) is 19.2 Å². The Bertz CT molecular complexity index is 690. The lowest BCUT2D eigenvalue weighted by molar-refractivity contribution is 0.214. The number of carbonyl (C=O) groups excluding carboxylic acids is 1. The van der Waals surface area contributed by atoms with Gasteiger partial charge in [0, 0.05) is 5.69 Å². The summed E-state index contributed by atoms with van der Waals surface area (Å²) in [6, 6.07) is 11.8. The summed E-state index contributed by atoms with van der Waals surface area (Å²) < 4.78 is 5.54. The van der Waals surface area contributed by atoms with Crippen LogP contribution >= 0.6 is 0 Å². The third-order valence-corrected chi connectivity index (χ3v) is 3.84. The highest BCUT2D eigenvalue weighted by Crippen LogP contribution is 2.28. The summed E-state index contributed by atoms with van der Waals surface area (Å²) in [6.45, 7) is 10.2. The average molecular weight is 297 g/mol. The van der Waals surface area contributed by atoms with Crippen molar-refractivity contribution in [2.45, 2.75) is 40.5 Å². The zero-order valence-corrected chi connectivity index (χ0v) is 13.9. The van der Waals surface area contributed by atoms with Gasteiger partial charge in [0.25, 0.3) is 0 Å². The molecule has 0 radical (unpaired) electrons. The van der Waals surface area contributed by atoms with Crippen molar-refractivity contribution >= 4 is 11.8 Å². The van der Waals surface area contributed by atoms with Crippen molar-refractivity contribution in [1.29, 1.82) is 0 Å². The Morgan fingerprint density at radius 1 is 1.09 bits per heavy atom. The van der Waals surface area contributed by atoms with E-state index in [1.54, 1.807) is 0 Å². The maximum atomic E-state index is 12.2. The molecule has 0 aromatic heterocycles. The third-order valence-electron chi connectivity index (χ3n) is 3.84. The number of hydrogen-bond acceptors (Lipinski definition) is 2. The average Bonchev–Trinajstić information content (AvgIpc) is 2.43. The number of anilines is 1. The summed E-state index contributed by atoms with van der Waals surface area (Å²) in [5.74, 6) is 0.918. The highest BCUT2D eigenvalue weighted by molar-refractivity contribution is 5.87. The van der Waals surface area contributed by atoms with Crippen LogP contribution in [-0.2, 0) is 0 Å². The lowest BCUT2D eigenvalue weighted by Gasteiger charge is -2.15. The van der Waals surface area contributed by atoms with Gasteiger partial charge in [0.1, 0.15) is 5.75 Å². The minimum atomic E-state index is -0.457. The Hall–Kier alpha value is -2.29. The predicted octanol–water partition coefficient (Wildman–Crippen LogP) is 5.35. The first-order valence-electron chi connectivity index (χ1n) is 7.54. The van der Waals surface area contributed by atoms with Crippen molar-refractivity contribution < 1.29 is 9.53 Å². The number of hydrogen-bond donors (Lipinski definition) is 1. The molecule has 2 rings (SSSR count). The quantitative estimate of drug-likeness (QED) is 0.829. The van der Waals surface area contributed by atoms with Gasteiger partial charge in [0.2, 0.25) is 0 Å². The number of aryl methyl sites for hydroxylation is 2. The van der Waals surface area contributed by atoms with Gasteiger partial charge >= 0.3 is 6.09 Å². The first-order chi connectivity index (χ1) is 10.4. The second-order valence-electron chi connectivity index (χ2n) is 5.96. The van der Waals surface area contributed by atoms with Crippen LogP contribution in [0.15, 0.2) is 36.4 Å². The molecule has 1 amide bonds. The first kappa shape index (κ1) is 16.1. The molecule has 0 heterocycles. The Balaban J connectivity index is 2.19. The van der Waals surface area contributed by atoms with Gasteiger partial charge in [-0.3, -0.25) is 5.32 Å². The number of carbonyl (C=O) groups is 1. The molecule has 2 aromatic rings. The Kier molecular flexibility index (Phi) is 4.86. The molecule has 0 atom stereocenters. The number of ether oxygens (including phenoxy) is 1. The smallest absolute Gasteiger partial charge is 0.410 e. The van der Waals surface area contributed by atoms with Crippen LogP contribution in [0, 0.1) is 20.8 Å². The molecule has 3 heteroatoms. The molecule has 2 aromatic carbocycles. The SMILES string of the molecule is Cc1ccc(C(C)C)c(OC(=O)Nc2cccc(C)c2C)c1. The van der Waals surface area contributed by atoms with Gasteiger partial charge in [0.05, 0.1) is 0 Å². The van der Waals surface area contributed by atoms with Gasteiger partial charge in [-0.1, -0.05) is 38.1 Å². The van der Waals surface area contributed by atoms with Crippen LogP contribution in [0.1, 0.15) is 42.0 Å². The fraction of sp³-hybridized carbons (Fsp3) is 0.316. The molecule has 0 aliphatic carbocycles. The fourth-order valence-electron chi connectivity index (χ4n) is 2.33. The van der Waals surface area contributed by atoms with E-state index in [9.17, 15) is 4.79 Å². The van der Waals surface area contributed by atoms with Crippen LogP contribution < -0.4 is 10.1 Å². The molecule has 0 bridgehead atoms. The van der Waals surface area contributed by atoms with Crippen molar-refractivity contribution in [3.63, 3.8) is 0 Å². The topological polar surface area (TPSA) is 38.3 Å². The highest BCUT2D eigenvalue weighted by Gasteiger charge is 2.13. The van der Waals surface area contributed by atoms with Crippen molar-refractivity contribution in [2.75, 3.05) is 5.32 Å². The maximum Gasteiger partial charge on any atom is 0.417 e. The Labute approximate surface area is 132 Å². The standard InChI is InChI=1S/C19H23NO2/c1-12(2)16-10-9-13(3)11-18(16)22-19(21)20-17-8-6-7-14(4)15(17)5/h6-12H,1-5H3,(H,20,21). The molecule has 22 heavy (non-hydrogen) atoms. The van der Waals surface area contributed by atoms with E-state index in [0.717, 1.165) is 27.9 Å². The van der Waals surface area contributed by atoms with Gasteiger partial charge in [-0.15, -0.1) is 0 Å². The van der Waals surface area contributed by atoms with E-state index in [-0.39, 0.29) is 0 Å². The van der Waals surface area contributed by atoms with Gasteiger partial charge < -0.3 is 4.74 Å². The Morgan fingerprint density at radius 3 is 2.50 bits per heavy atom. The van der Waals surface area contributed by atoms with Crippen LogP contribution in [0.4, 0.5) is 10.5 Å². The van der Waals surface area contributed by atoms with Gasteiger partial charge in [-0.25, -0.2) is 4.79 Å². The van der Waals surface area contributed by atoms with E-state index in [0.29, 0.717) is 11.7 Å². The summed E-state index contributed by atoms with van der Waals surface area (Å²) in [5, 5.41) is 2.82. The molecule has 1 N–H and O–H groups in total. The second-order valence-corrected chi connectivity index (χ2v) is 5.96. The second kappa shape index (κ2) is 6.65. The minimum Gasteiger partial charge on any atom is -0.410 e. The van der Waals surface area contributed by atoms with Crippen LogP contribution in [0.5, 0.6) is 5.75 Å². The molecular weight excluding hydrogens is 274 g/mol. The van der Waals surface area contributed by atoms with Crippen molar-refractivity contribution in [3.05, 3.63) is 58.7 Å². The van der Waals surface area contributed by atoms with E-state index < -0.39 is 6.09 Å². The summed E-state index contributed by atoms with van der Waals surface area (Å²) in [4.78, 5) is 12.2. The number of nitrogens with one attached hydrogen (secondary N) is 1. The third kappa shape index (κ3) is 3.67. The van der Waals surface area contributed by atoms with Gasteiger partial charge in [-0.05, 0) is 61.1 Å². The van der Waals surface area contributed by atoms with Gasteiger partial charge in [0.15, 0.2) is 0 Å². The van der Waals surface area contributed by atoms with Crippen molar-refractivity contribution in [2.24, 2.45) is 0 Å². The van der Waals surface area contributed by atoms with E-state index in [1.165, 1.54) is 0 Å². The zero-order valence-electron chi connectivity index (χ0n) is 13.9. The first-order valence-corrected chi connectivity index (χ1v) is 7.54. The summed E-state index contributed by atoms with van der Waals surface area (Å²) >= 11 is 0. The Morgan fingerprint density at radius 2 is 1.82 bits per heavy atom. The molecule has 0 saturated heterocycles. The van der Waals surface area contributed by atoms with Crippen LogP contribution in [0.2, 0.25) is 0 Å². The highest BCUT2D eigenvalue weighted by atomic mass is 16.6. The lowest BCUT2D eigenvalue weighted by Crippen LogP contribution is -2.18. The molecule has 3 nitrogen and oxygen atoms in total. The van der Waals surface area contributed by atoms with E-state index >= 15 is 0 Å². The molecule has 0 spiro atoms. The molecular formula is C19H23NO2. The molecule has 0 saturated carbocycles. The monoisotopic (exact) mass is 297 g/mol. The predicted molar refractivity (Wildman–Crippen MR) is 90.8 cm³/mol. The largest absolute Gasteiger partial charge is 0.417 e. The zero-order chi connectivity index (χ0) is 16.3. The molecule has 0 aliphatic rings. The van der Waals surface area contributed by atoms with Crippen LogP contribution in [0.25, 0.3) is 0 Å². The molecule has 0 aliphatic heterocycles. The fourth-order valence-corrected chi connectivity index (χ4v) is 2.33. The summed E-state index contributed by atoms with van der Waals surface area (Å²) in [5.41, 5.74) is 5.06. The maximum absolute atomic E-state index is 12.2. The van der Waals surface area contributed by atoms with Crippen molar-refractivity contribution in [3.8, 4) is 5.75 Å². The van der Waals surface area contributed by atoms with Crippen molar-refractivity contribution in [1.82, 2.24) is 0 Å². The lowest BCUT2D eigenvalue weighted by atomic mass is 10.0. The number of benzene rings is 2. The normalized spacial score (nSPS) is 10.6. The number of amides is 1. The summed E-state index contributed by atoms with van der Waals surface area (Å²) in [6.07, 6.45) is -0.457. The summed E-state index contributed by atoms with van der Waals surface area (Å²) in [7, 11) is 0. The van der Waals surface area contributed by atoms with E-state index in [4.69, 9.17) is 4.74 Å².